The lowest BCUT2D eigenvalue weighted by molar-refractivity contribution is -0.0145. The van der Waals surface area contributed by atoms with Crippen LogP contribution in [-0.4, -0.2) is 41.8 Å². The van der Waals surface area contributed by atoms with Gasteiger partial charge in [-0.05, 0) is 60.1 Å². The quantitative estimate of drug-likeness (QED) is 0.752. The number of allylic oxidation sites excluding steroid dienone is 1. The number of likely N-dealkylation sites (tertiary alicyclic amines) is 1. The maximum Gasteiger partial charge on any atom is 0.123 e. The van der Waals surface area contributed by atoms with Gasteiger partial charge in [-0.1, -0.05) is 36.4 Å². The van der Waals surface area contributed by atoms with E-state index in [1.165, 1.54) is 16.7 Å². The topological polar surface area (TPSA) is 32.7 Å². The van der Waals surface area contributed by atoms with Crippen molar-refractivity contribution in [2.45, 2.75) is 49.9 Å². The Balaban J connectivity index is 1.39. The lowest BCUT2D eigenvalue weighted by Gasteiger charge is -2.37. The van der Waals surface area contributed by atoms with Crippen LogP contribution in [0.5, 0.6) is 0 Å². The molecule has 5 rings (SSSR count). The van der Waals surface area contributed by atoms with Gasteiger partial charge in [-0.25, -0.2) is 4.39 Å². The SMILES string of the molecule is C=CCC1CN(C[C@H]2C[C@@H]3c4ccccc4Cc4ccc(F)cc4[C@@H]3O2)CCC1O. The fraction of sp³-hybridized carbons (Fsp3) is 0.462. The number of benzene rings is 2. The maximum atomic E-state index is 14.1. The number of halogens is 1. The summed E-state index contributed by atoms with van der Waals surface area (Å²) in [6.45, 7) is 6.48. The van der Waals surface area contributed by atoms with Gasteiger partial charge in [0.2, 0.25) is 0 Å². The molecule has 30 heavy (non-hydrogen) atoms. The predicted octanol–water partition coefficient (Wildman–Crippen LogP) is 4.60. The molecule has 0 aromatic heterocycles. The molecular formula is C26H30FNO2. The van der Waals surface area contributed by atoms with E-state index in [1.807, 2.05) is 12.1 Å². The molecule has 0 radical (unpaired) electrons. The lowest BCUT2D eigenvalue weighted by Crippen LogP contribution is -2.45. The normalized spacial score (nSPS) is 30.8. The first-order valence-corrected chi connectivity index (χ1v) is 11.1. The van der Waals surface area contributed by atoms with Crippen molar-refractivity contribution < 1.29 is 14.2 Å². The summed E-state index contributed by atoms with van der Waals surface area (Å²) in [6.07, 6.45) is 5.11. The summed E-state index contributed by atoms with van der Waals surface area (Å²) in [5, 5.41) is 10.3. The molecule has 2 aliphatic heterocycles. The van der Waals surface area contributed by atoms with Crippen LogP contribution in [-0.2, 0) is 11.2 Å². The second-order valence-electron chi connectivity index (χ2n) is 9.14. The van der Waals surface area contributed by atoms with E-state index in [9.17, 15) is 9.50 Å². The molecule has 2 fully saturated rings. The molecule has 2 unspecified atom stereocenters. The van der Waals surface area contributed by atoms with Gasteiger partial charge in [-0.2, -0.15) is 0 Å². The van der Waals surface area contributed by atoms with E-state index in [1.54, 1.807) is 12.1 Å². The third-order valence-electron chi connectivity index (χ3n) is 7.18. The lowest BCUT2D eigenvalue weighted by atomic mass is 9.87. The minimum absolute atomic E-state index is 0.0938. The molecule has 1 aliphatic carbocycles. The van der Waals surface area contributed by atoms with Gasteiger partial charge in [-0.15, -0.1) is 6.58 Å². The number of hydrogen-bond acceptors (Lipinski definition) is 3. The zero-order valence-corrected chi connectivity index (χ0v) is 17.3. The Bertz CT molecular complexity index is 929. The highest BCUT2D eigenvalue weighted by atomic mass is 19.1. The van der Waals surface area contributed by atoms with Crippen molar-refractivity contribution in [1.82, 2.24) is 4.90 Å². The molecule has 158 valence electrons. The third-order valence-corrected chi connectivity index (χ3v) is 7.18. The molecule has 0 saturated carbocycles. The number of piperidine rings is 1. The first-order chi connectivity index (χ1) is 14.6. The van der Waals surface area contributed by atoms with E-state index in [-0.39, 0.29) is 36.0 Å². The van der Waals surface area contributed by atoms with Crippen molar-refractivity contribution in [3.05, 3.63) is 83.2 Å². The Morgan fingerprint density at radius 2 is 2.00 bits per heavy atom. The standard InChI is InChI=1S/C26H30FNO2/c1-2-5-19-15-28(11-10-25(19)29)16-21-14-24-22-7-4-3-6-17(22)12-18-8-9-20(27)13-23(18)26(24)30-21/h2-4,6-9,13,19,21,24-26,29H,1,5,10-12,14-16H2/t19?,21-,24-,25?,26+/m1/s1. The van der Waals surface area contributed by atoms with E-state index < -0.39 is 0 Å². The van der Waals surface area contributed by atoms with Crippen molar-refractivity contribution >= 4 is 0 Å². The fourth-order valence-electron chi connectivity index (χ4n) is 5.71. The van der Waals surface area contributed by atoms with Crippen molar-refractivity contribution in [2.75, 3.05) is 19.6 Å². The molecule has 3 nitrogen and oxygen atoms in total. The molecule has 2 saturated heterocycles. The fourth-order valence-corrected chi connectivity index (χ4v) is 5.71. The molecule has 1 N–H and O–H groups in total. The van der Waals surface area contributed by atoms with Crippen LogP contribution >= 0.6 is 0 Å². The molecule has 3 aliphatic rings. The van der Waals surface area contributed by atoms with Crippen LogP contribution in [0.4, 0.5) is 4.39 Å². The maximum absolute atomic E-state index is 14.1. The summed E-state index contributed by atoms with van der Waals surface area (Å²) >= 11 is 0. The summed E-state index contributed by atoms with van der Waals surface area (Å²) in [4.78, 5) is 2.43. The van der Waals surface area contributed by atoms with Gasteiger partial charge in [0.25, 0.3) is 0 Å². The Kier molecular flexibility index (Phi) is 5.48. The average molecular weight is 408 g/mol. The minimum Gasteiger partial charge on any atom is -0.393 e. The van der Waals surface area contributed by atoms with Gasteiger partial charge >= 0.3 is 0 Å². The number of aliphatic hydroxyl groups excluding tert-OH is 1. The molecular weight excluding hydrogens is 377 g/mol. The Labute approximate surface area is 178 Å². The van der Waals surface area contributed by atoms with Gasteiger partial charge in [0.05, 0.1) is 18.3 Å². The van der Waals surface area contributed by atoms with Crippen LogP contribution in [0, 0.1) is 11.7 Å². The highest BCUT2D eigenvalue weighted by Crippen LogP contribution is 2.49. The summed E-state index contributed by atoms with van der Waals surface area (Å²) in [6, 6.07) is 13.8. The van der Waals surface area contributed by atoms with Gasteiger partial charge in [0, 0.05) is 31.5 Å². The summed E-state index contributed by atoms with van der Waals surface area (Å²) in [5.74, 6) is 0.315. The van der Waals surface area contributed by atoms with Gasteiger partial charge in [-0.3, -0.25) is 0 Å². The van der Waals surface area contributed by atoms with Crippen LogP contribution in [0.3, 0.4) is 0 Å². The third kappa shape index (κ3) is 3.73. The first kappa shape index (κ1) is 19.9. The molecule has 0 spiro atoms. The van der Waals surface area contributed by atoms with E-state index in [2.05, 4.69) is 35.7 Å². The van der Waals surface area contributed by atoms with E-state index >= 15 is 0 Å². The minimum atomic E-state index is -0.239. The Morgan fingerprint density at radius 3 is 2.87 bits per heavy atom. The van der Waals surface area contributed by atoms with Crippen LogP contribution in [0.15, 0.2) is 55.1 Å². The summed E-state index contributed by atoms with van der Waals surface area (Å²) in [5.41, 5.74) is 4.86. The molecule has 5 atom stereocenters. The molecule has 0 amide bonds. The zero-order valence-electron chi connectivity index (χ0n) is 17.3. The van der Waals surface area contributed by atoms with E-state index in [0.29, 0.717) is 0 Å². The van der Waals surface area contributed by atoms with Gasteiger partial charge in [0.1, 0.15) is 5.82 Å². The van der Waals surface area contributed by atoms with Crippen LogP contribution < -0.4 is 0 Å². The number of fused-ring (bicyclic) bond motifs is 5. The Hall–Kier alpha value is -2.01. The first-order valence-electron chi connectivity index (χ1n) is 11.1. The second-order valence-corrected chi connectivity index (χ2v) is 9.14. The molecule has 4 heteroatoms. The van der Waals surface area contributed by atoms with Crippen molar-refractivity contribution in [3.8, 4) is 0 Å². The Morgan fingerprint density at radius 1 is 1.17 bits per heavy atom. The van der Waals surface area contributed by atoms with Gasteiger partial charge < -0.3 is 14.7 Å². The number of ether oxygens (including phenoxy) is 1. The van der Waals surface area contributed by atoms with Crippen molar-refractivity contribution in [2.24, 2.45) is 5.92 Å². The van der Waals surface area contributed by atoms with Gasteiger partial charge in [0.15, 0.2) is 0 Å². The number of rotatable bonds is 4. The zero-order chi connectivity index (χ0) is 20.7. The molecule has 2 aromatic carbocycles. The monoisotopic (exact) mass is 407 g/mol. The van der Waals surface area contributed by atoms with Crippen LogP contribution in [0.1, 0.15) is 53.5 Å². The second kappa shape index (κ2) is 8.26. The highest BCUT2D eigenvalue weighted by molar-refractivity contribution is 5.45. The summed E-state index contributed by atoms with van der Waals surface area (Å²) < 4.78 is 20.8. The largest absolute Gasteiger partial charge is 0.393 e. The molecule has 2 aromatic rings. The highest BCUT2D eigenvalue weighted by Gasteiger charge is 2.41. The molecule has 0 bridgehead atoms. The number of hydrogen-bond donors (Lipinski definition) is 1. The number of aliphatic hydroxyl groups is 1. The van der Waals surface area contributed by atoms with Crippen molar-refractivity contribution in [1.29, 1.82) is 0 Å². The van der Waals surface area contributed by atoms with E-state index in [0.717, 1.165) is 50.9 Å². The average Bonchev–Trinajstić information content (AvgIpc) is 3.10. The summed E-state index contributed by atoms with van der Waals surface area (Å²) in [7, 11) is 0. The molecule has 2 heterocycles. The number of nitrogens with zero attached hydrogens (tertiary/aromatic N) is 1. The van der Waals surface area contributed by atoms with Crippen LogP contribution in [0.25, 0.3) is 0 Å². The van der Waals surface area contributed by atoms with E-state index in [4.69, 9.17) is 4.74 Å². The van der Waals surface area contributed by atoms with Crippen molar-refractivity contribution in [3.63, 3.8) is 0 Å². The predicted molar refractivity (Wildman–Crippen MR) is 116 cm³/mol. The smallest absolute Gasteiger partial charge is 0.123 e. The van der Waals surface area contributed by atoms with Crippen LogP contribution in [0.2, 0.25) is 0 Å².